The van der Waals surface area contributed by atoms with Gasteiger partial charge in [-0.1, -0.05) is 12.1 Å². The van der Waals surface area contributed by atoms with Gasteiger partial charge < -0.3 is 10.1 Å². The Morgan fingerprint density at radius 3 is 2.68 bits per heavy atom. The van der Waals surface area contributed by atoms with Gasteiger partial charge in [0.25, 0.3) is 5.91 Å². The number of halogens is 2. The van der Waals surface area contributed by atoms with Gasteiger partial charge in [-0.15, -0.1) is 0 Å². The molecule has 0 spiro atoms. The van der Waals surface area contributed by atoms with Crippen LogP contribution in [-0.2, 0) is 14.3 Å². The van der Waals surface area contributed by atoms with Crippen LogP contribution in [0, 0.1) is 11.6 Å². The number of nitrogens with one attached hydrogen (secondary N) is 1. The van der Waals surface area contributed by atoms with Crippen molar-refractivity contribution in [2.75, 3.05) is 23.4 Å². The third-order valence-corrected chi connectivity index (χ3v) is 3.55. The molecular weight excluding hydrogens is 334 g/mol. The average molecular weight is 346 g/mol. The summed E-state index contributed by atoms with van der Waals surface area (Å²) in [5, 5.41) is 2.62. The first-order valence-electron chi connectivity index (χ1n) is 7.27. The van der Waals surface area contributed by atoms with E-state index in [9.17, 15) is 23.2 Å². The Morgan fingerprint density at radius 2 is 1.92 bits per heavy atom. The van der Waals surface area contributed by atoms with Crippen LogP contribution in [0.25, 0.3) is 0 Å². The Bertz CT molecular complexity index is 869. The number of carbonyl (C=O) groups is 3. The molecule has 0 aromatic heterocycles. The maximum atomic E-state index is 13.5. The predicted octanol–water partition coefficient (Wildman–Crippen LogP) is 2.11. The van der Waals surface area contributed by atoms with Crippen molar-refractivity contribution in [2.45, 2.75) is 0 Å². The lowest BCUT2D eigenvalue weighted by molar-refractivity contribution is -0.124. The first kappa shape index (κ1) is 16.6. The summed E-state index contributed by atoms with van der Waals surface area (Å²) in [5.74, 6) is -4.04. The van der Waals surface area contributed by atoms with E-state index in [2.05, 4.69) is 5.32 Å². The molecule has 3 rings (SSSR count). The van der Waals surface area contributed by atoms with Gasteiger partial charge in [0.2, 0.25) is 5.91 Å². The van der Waals surface area contributed by atoms with Gasteiger partial charge in [-0.2, -0.15) is 0 Å². The van der Waals surface area contributed by atoms with Crippen LogP contribution in [0.15, 0.2) is 42.5 Å². The van der Waals surface area contributed by atoms with E-state index in [1.165, 1.54) is 4.90 Å². The Balaban J connectivity index is 1.71. The number of nitrogens with zero attached hydrogens (tertiary/aromatic N) is 1. The zero-order valence-electron chi connectivity index (χ0n) is 12.8. The number of amides is 2. The summed E-state index contributed by atoms with van der Waals surface area (Å²) < 4.78 is 31.2. The summed E-state index contributed by atoms with van der Waals surface area (Å²) in [6.07, 6.45) is 0. The van der Waals surface area contributed by atoms with Crippen molar-refractivity contribution in [2.24, 2.45) is 0 Å². The van der Waals surface area contributed by atoms with Crippen molar-refractivity contribution >= 4 is 29.2 Å². The second-order valence-electron chi connectivity index (χ2n) is 5.25. The molecule has 2 aromatic carbocycles. The van der Waals surface area contributed by atoms with E-state index in [0.717, 1.165) is 12.1 Å². The Morgan fingerprint density at radius 1 is 1.16 bits per heavy atom. The highest BCUT2D eigenvalue weighted by Crippen LogP contribution is 2.28. The molecule has 1 heterocycles. The third-order valence-electron chi connectivity index (χ3n) is 3.55. The first-order chi connectivity index (χ1) is 12.0. The second-order valence-corrected chi connectivity index (χ2v) is 5.25. The molecule has 128 valence electrons. The Kier molecular flexibility index (Phi) is 4.42. The van der Waals surface area contributed by atoms with E-state index in [4.69, 9.17) is 4.74 Å². The second kappa shape index (κ2) is 6.68. The van der Waals surface area contributed by atoms with E-state index >= 15 is 0 Å². The SMILES string of the molecule is O=C1CN(C(=O)COC(=O)c2ccc(F)cc2F)c2ccccc2N1. The molecule has 8 heteroatoms. The van der Waals surface area contributed by atoms with Gasteiger partial charge in [-0.25, -0.2) is 13.6 Å². The molecular formula is C17H12F2N2O4. The number of para-hydroxylation sites is 2. The smallest absolute Gasteiger partial charge is 0.341 e. The van der Waals surface area contributed by atoms with Crippen molar-refractivity contribution in [1.29, 1.82) is 0 Å². The van der Waals surface area contributed by atoms with Crippen molar-refractivity contribution in [3.63, 3.8) is 0 Å². The average Bonchev–Trinajstić information content (AvgIpc) is 2.58. The van der Waals surface area contributed by atoms with Gasteiger partial charge in [0.1, 0.15) is 18.2 Å². The van der Waals surface area contributed by atoms with Crippen LogP contribution in [0.1, 0.15) is 10.4 Å². The lowest BCUT2D eigenvalue weighted by Gasteiger charge is -2.28. The summed E-state index contributed by atoms with van der Waals surface area (Å²) in [7, 11) is 0. The summed E-state index contributed by atoms with van der Waals surface area (Å²) in [6, 6.07) is 9.04. The predicted molar refractivity (Wildman–Crippen MR) is 84.1 cm³/mol. The number of benzene rings is 2. The minimum Gasteiger partial charge on any atom is -0.452 e. The van der Waals surface area contributed by atoms with Crippen LogP contribution in [0.2, 0.25) is 0 Å². The quantitative estimate of drug-likeness (QED) is 0.864. The van der Waals surface area contributed by atoms with Gasteiger partial charge in [-0.05, 0) is 24.3 Å². The van der Waals surface area contributed by atoms with Gasteiger partial charge in [0.15, 0.2) is 6.61 Å². The largest absolute Gasteiger partial charge is 0.452 e. The standard InChI is InChI=1S/C17H12F2N2O4/c18-10-5-6-11(12(19)7-10)17(24)25-9-16(23)21-8-15(22)20-13-3-1-2-4-14(13)21/h1-7H,8-9H2,(H,20,22). The Labute approximate surface area is 141 Å². The number of anilines is 2. The number of esters is 1. The fraction of sp³-hybridized carbons (Fsp3) is 0.118. The molecule has 2 aromatic rings. The van der Waals surface area contributed by atoms with Crippen LogP contribution in [0.5, 0.6) is 0 Å². The number of hydrogen-bond acceptors (Lipinski definition) is 4. The van der Waals surface area contributed by atoms with Crippen LogP contribution >= 0.6 is 0 Å². The Hall–Kier alpha value is -3.29. The summed E-state index contributed by atoms with van der Waals surface area (Å²) >= 11 is 0. The number of carbonyl (C=O) groups excluding carboxylic acids is 3. The summed E-state index contributed by atoms with van der Waals surface area (Å²) in [4.78, 5) is 37.0. The van der Waals surface area contributed by atoms with Gasteiger partial charge in [0, 0.05) is 6.07 Å². The molecule has 6 nitrogen and oxygen atoms in total. The normalized spacial score (nSPS) is 13.0. The molecule has 1 aliphatic heterocycles. The molecule has 0 saturated heterocycles. The molecule has 25 heavy (non-hydrogen) atoms. The van der Waals surface area contributed by atoms with Gasteiger partial charge >= 0.3 is 5.97 Å². The van der Waals surface area contributed by atoms with Crippen LogP contribution in [-0.4, -0.2) is 30.9 Å². The minimum atomic E-state index is -1.10. The summed E-state index contributed by atoms with van der Waals surface area (Å²) in [5.41, 5.74) is 0.449. The highest BCUT2D eigenvalue weighted by molar-refractivity contribution is 6.10. The lowest BCUT2D eigenvalue weighted by atomic mass is 10.2. The third kappa shape index (κ3) is 3.47. The van der Waals surface area contributed by atoms with Gasteiger partial charge in [-0.3, -0.25) is 14.5 Å². The van der Waals surface area contributed by atoms with Crippen molar-refractivity contribution in [1.82, 2.24) is 0 Å². The molecule has 0 unspecified atom stereocenters. The highest BCUT2D eigenvalue weighted by Gasteiger charge is 2.27. The van der Waals surface area contributed by atoms with E-state index in [1.54, 1.807) is 24.3 Å². The van der Waals surface area contributed by atoms with Gasteiger partial charge in [0.05, 0.1) is 16.9 Å². The minimum absolute atomic E-state index is 0.224. The molecule has 2 amide bonds. The van der Waals surface area contributed by atoms with Crippen LogP contribution in [0.4, 0.5) is 20.2 Å². The lowest BCUT2D eigenvalue weighted by Crippen LogP contribution is -2.44. The molecule has 1 N–H and O–H groups in total. The van der Waals surface area contributed by atoms with Crippen molar-refractivity contribution < 1.29 is 27.9 Å². The molecule has 1 aliphatic rings. The number of fused-ring (bicyclic) bond motifs is 1. The topological polar surface area (TPSA) is 75.7 Å². The molecule has 0 bridgehead atoms. The molecule has 0 fully saturated rings. The molecule has 0 radical (unpaired) electrons. The zero-order chi connectivity index (χ0) is 18.0. The number of ether oxygens (including phenoxy) is 1. The maximum absolute atomic E-state index is 13.5. The van der Waals surface area contributed by atoms with E-state index in [-0.39, 0.29) is 12.5 Å². The first-order valence-corrected chi connectivity index (χ1v) is 7.27. The number of rotatable bonds is 3. The highest BCUT2D eigenvalue weighted by atomic mass is 19.1. The van der Waals surface area contributed by atoms with E-state index in [0.29, 0.717) is 17.4 Å². The molecule has 0 atom stereocenters. The van der Waals surface area contributed by atoms with Crippen LogP contribution in [0.3, 0.4) is 0 Å². The van der Waals surface area contributed by atoms with Crippen molar-refractivity contribution in [3.05, 3.63) is 59.7 Å². The summed E-state index contributed by atoms with van der Waals surface area (Å²) in [6.45, 7) is -0.907. The maximum Gasteiger partial charge on any atom is 0.341 e. The number of hydrogen-bond donors (Lipinski definition) is 1. The van der Waals surface area contributed by atoms with E-state index < -0.39 is 35.7 Å². The monoisotopic (exact) mass is 346 g/mol. The zero-order valence-corrected chi connectivity index (χ0v) is 12.8. The molecule has 0 saturated carbocycles. The fourth-order valence-corrected chi connectivity index (χ4v) is 2.39. The molecule has 0 aliphatic carbocycles. The fourth-order valence-electron chi connectivity index (χ4n) is 2.39. The van der Waals surface area contributed by atoms with Crippen LogP contribution < -0.4 is 10.2 Å². The van der Waals surface area contributed by atoms with E-state index in [1.807, 2.05) is 0 Å². The van der Waals surface area contributed by atoms with Crippen molar-refractivity contribution in [3.8, 4) is 0 Å².